The summed E-state index contributed by atoms with van der Waals surface area (Å²) >= 11 is 5.27. The number of oxazole rings is 1. The maximum atomic E-state index is 13.3. The lowest BCUT2D eigenvalue weighted by Crippen LogP contribution is -2.34. The van der Waals surface area contributed by atoms with E-state index in [-0.39, 0.29) is 10.7 Å². The molecular weight excluding hydrogens is 413 g/mol. The van der Waals surface area contributed by atoms with Crippen LogP contribution in [0.25, 0.3) is 22.6 Å². The van der Waals surface area contributed by atoms with Crippen LogP contribution >= 0.6 is 12.2 Å². The van der Waals surface area contributed by atoms with E-state index in [1.165, 1.54) is 18.2 Å². The smallest absolute Gasteiger partial charge is 0.257 e. The number of hydrogen-bond donors (Lipinski definition) is 2. The van der Waals surface area contributed by atoms with E-state index in [2.05, 4.69) is 15.6 Å². The quantitative estimate of drug-likeness (QED) is 0.407. The highest BCUT2D eigenvalue weighted by atomic mass is 32.1. The minimum absolute atomic E-state index is 0.110. The molecule has 1 amide bonds. The van der Waals surface area contributed by atoms with Crippen LogP contribution in [0, 0.1) is 26.6 Å². The van der Waals surface area contributed by atoms with Crippen LogP contribution < -0.4 is 10.6 Å². The molecule has 0 unspecified atom stereocenters. The number of nitrogens with one attached hydrogen (secondary N) is 2. The molecule has 4 aromatic rings. The van der Waals surface area contributed by atoms with Gasteiger partial charge in [0.15, 0.2) is 10.7 Å². The van der Waals surface area contributed by atoms with Gasteiger partial charge in [-0.05, 0) is 92.1 Å². The summed E-state index contributed by atoms with van der Waals surface area (Å²) in [4.78, 5) is 16.9. The molecule has 31 heavy (non-hydrogen) atoms. The monoisotopic (exact) mass is 433 g/mol. The van der Waals surface area contributed by atoms with Crippen molar-refractivity contribution < 1.29 is 13.6 Å². The number of benzene rings is 3. The third-order valence-electron chi connectivity index (χ3n) is 5.13. The average molecular weight is 434 g/mol. The molecule has 2 N–H and O–H groups in total. The molecule has 156 valence electrons. The third kappa shape index (κ3) is 4.32. The zero-order valence-corrected chi connectivity index (χ0v) is 18.1. The van der Waals surface area contributed by atoms with Crippen LogP contribution in [0.5, 0.6) is 0 Å². The zero-order valence-electron chi connectivity index (χ0n) is 17.2. The summed E-state index contributed by atoms with van der Waals surface area (Å²) in [6, 6.07) is 15.0. The highest BCUT2D eigenvalue weighted by Crippen LogP contribution is 2.31. The summed E-state index contributed by atoms with van der Waals surface area (Å²) in [6.45, 7) is 5.99. The predicted molar refractivity (Wildman–Crippen MR) is 124 cm³/mol. The Morgan fingerprint density at radius 2 is 1.77 bits per heavy atom. The van der Waals surface area contributed by atoms with Gasteiger partial charge in [-0.2, -0.15) is 0 Å². The number of rotatable bonds is 3. The van der Waals surface area contributed by atoms with E-state index >= 15 is 0 Å². The number of carbonyl (C=O) groups excluding carboxylic acids is 1. The Labute approximate surface area is 184 Å². The number of fused-ring (bicyclic) bond motifs is 1. The molecule has 3 aromatic carbocycles. The fourth-order valence-electron chi connectivity index (χ4n) is 3.26. The van der Waals surface area contributed by atoms with Crippen LogP contribution in [0.3, 0.4) is 0 Å². The van der Waals surface area contributed by atoms with Crippen molar-refractivity contribution in [3.63, 3.8) is 0 Å². The first-order chi connectivity index (χ1) is 14.8. The van der Waals surface area contributed by atoms with Gasteiger partial charge in [0, 0.05) is 16.8 Å². The lowest BCUT2D eigenvalue weighted by molar-refractivity contribution is 0.0977. The standard InChI is InChI=1S/C24H20FN3O2S/c1-13-10-20-21(11-14(13)2)30-23(26-20)18-8-5-9-19(15(18)3)27-24(31)28-22(29)16-6-4-7-17(25)12-16/h4-12H,1-3H3,(H2,27,28,29,31). The first-order valence-corrected chi connectivity index (χ1v) is 10.1. The minimum atomic E-state index is -0.490. The Bertz CT molecular complexity index is 1290. The Kier molecular flexibility index (Phi) is 5.52. The Balaban J connectivity index is 1.56. The Hall–Kier alpha value is -3.58. The van der Waals surface area contributed by atoms with Crippen molar-refractivity contribution >= 4 is 40.0 Å². The molecule has 5 nitrogen and oxygen atoms in total. The van der Waals surface area contributed by atoms with Crippen molar-refractivity contribution in [1.82, 2.24) is 10.3 Å². The Morgan fingerprint density at radius 3 is 2.55 bits per heavy atom. The van der Waals surface area contributed by atoms with E-state index in [9.17, 15) is 9.18 Å². The van der Waals surface area contributed by atoms with Crippen molar-refractivity contribution in [3.8, 4) is 11.5 Å². The van der Waals surface area contributed by atoms with Gasteiger partial charge in [-0.15, -0.1) is 0 Å². The molecule has 0 saturated heterocycles. The van der Waals surface area contributed by atoms with Crippen molar-refractivity contribution in [3.05, 3.63) is 82.7 Å². The van der Waals surface area contributed by atoms with E-state index < -0.39 is 11.7 Å². The normalized spacial score (nSPS) is 10.8. The first-order valence-electron chi connectivity index (χ1n) is 9.67. The Morgan fingerprint density at radius 1 is 1.03 bits per heavy atom. The molecule has 1 aromatic heterocycles. The molecule has 0 aliphatic rings. The van der Waals surface area contributed by atoms with E-state index in [4.69, 9.17) is 16.6 Å². The summed E-state index contributed by atoms with van der Waals surface area (Å²) < 4.78 is 19.3. The molecule has 0 bridgehead atoms. The summed E-state index contributed by atoms with van der Waals surface area (Å²) in [7, 11) is 0. The fourth-order valence-corrected chi connectivity index (χ4v) is 3.46. The number of hydrogen-bond acceptors (Lipinski definition) is 4. The van der Waals surface area contributed by atoms with Gasteiger partial charge in [-0.25, -0.2) is 9.37 Å². The lowest BCUT2D eigenvalue weighted by Gasteiger charge is -2.13. The summed E-state index contributed by atoms with van der Waals surface area (Å²) in [5.74, 6) is -0.467. The fraction of sp³-hybridized carbons (Fsp3) is 0.125. The minimum Gasteiger partial charge on any atom is -0.436 e. The first kappa shape index (κ1) is 20.7. The van der Waals surface area contributed by atoms with E-state index in [1.54, 1.807) is 0 Å². The van der Waals surface area contributed by atoms with Crippen LogP contribution in [-0.4, -0.2) is 16.0 Å². The van der Waals surface area contributed by atoms with Gasteiger partial charge >= 0.3 is 0 Å². The van der Waals surface area contributed by atoms with Crippen LogP contribution in [0.4, 0.5) is 10.1 Å². The summed E-state index contributed by atoms with van der Waals surface area (Å²) in [6.07, 6.45) is 0. The molecule has 0 spiro atoms. The van der Waals surface area contributed by atoms with Crippen molar-refractivity contribution in [2.24, 2.45) is 0 Å². The molecule has 0 aliphatic carbocycles. The van der Waals surface area contributed by atoms with Gasteiger partial charge < -0.3 is 9.73 Å². The highest BCUT2D eigenvalue weighted by Gasteiger charge is 2.15. The number of aryl methyl sites for hydroxylation is 2. The maximum Gasteiger partial charge on any atom is 0.257 e. The molecule has 0 radical (unpaired) electrons. The summed E-state index contributed by atoms with van der Waals surface area (Å²) in [5, 5.41) is 5.70. The third-order valence-corrected chi connectivity index (χ3v) is 5.33. The molecule has 0 fully saturated rings. The number of carbonyl (C=O) groups is 1. The second-order valence-corrected chi connectivity index (χ2v) is 7.73. The van der Waals surface area contributed by atoms with E-state index in [0.717, 1.165) is 39.4 Å². The number of aromatic nitrogens is 1. The van der Waals surface area contributed by atoms with Gasteiger partial charge in [0.25, 0.3) is 5.91 Å². The second kappa shape index (κ2) is 8.28. The topological polar surface area (TPSA) is 67.2 Å². The van der Waals surface area contributed by atoms with Crippen LogP contribution in [-0.2, 0) is 0 Å². The molecule has 0 aliphatic heterocycles. The van der Waals surface area contributed by atoms with Crippen LogP contribution in [0.1, 0.15) is 27.0 Å². The highest BCUT2D eigenvalue weighted by molar-refractivity contribution is 7.80. The van der Waals surface area contributed by atoms with Crippen molar-refractivity contribution in [1.29, 1.82) is 0 Å². The van der Waals surface area contributed by atoms with Gasteiger partial charge in [0.2, 0.25) is 5.89 Å². The van der Waals surface area contributed by atoms with Gasteiger partial charge in [-0.1, -0.05) is 12.1 Å². The lowest BCUT2D eigenvalue weighted by atomic mass is 10.1. The van der Waals surface area contributed by atoms with E-state index in [0.29, 0.717) is 11.6 Å². The number of amides is 1. The molecule has 4 rings (SSSR count). The molecule has 0 saturated carbocycles. The number of halogens is 1. The summed E-state index contributed by atoms with van der Waals surface area (Å²) in [5.41, 5.74) is 6.40. The maximum absolute atomic E-state index is 13.3. The molecule has 1 heterocycles. The van der Waals surface area contributed by atoms with Gasteiger partial charge in [0.05, 0.1) is 0 Å². The van der Waals surface area contributed by atoms with Gasteiger partial charge in [0.1, 0.15) is 11.3 Å². The van der Waals surface area contributed by atoms with Crippen molar-refractivity contribution in [2.45, 2.75) is 20.8 Å². The molecular formula is C24H20FN3O2S. The molecule has 7 heteroatoms. The van der Waals surface area contributed by atoms with Crippen LogP contribution in [0.15, 0.2) is 59.0 Å². The number of thiocarbonyl (C=S) groups is 1. The second-order valence-electron chi connectivity index (χ2n) is 7.32. The average Bonchev–Trinajstić information content (AvgIpc) is 3.12. The SMILES string of the molecule is Cc1cc2nc(-c3cccc(NC(=S)NC(=O)c4cccc(F)c4)c3C)oc2cc1C. The van der Waals surface area contributed by atoms with Crippen molar-refractivity contribution in [2.75, 3.05) is 5.32 Å². The predicted octanol–water partition coefficient (Wildman–Crippen LogP) is 5.69. The molecule has 0 atom stereocenters. The van der Waals surface area contributed by atoms with Crippen LogP contribution in [0.2, 0.25) is 0 Å². The zero-order chi connectivity index (χ0) is 22.1. The largest absolute Gasteiger partial charge is 0.436 e. The van der Waals surface area contributed by atoms with Gasteiger partial charge in [-0.3, -0.25) is 10.1 Å². The van der Waals surface area contributed by atoms with E-state index in [1.807, 2.05) is 51.1 Å². The number of anilines is 1. The number of nitrogens with zero attached hydrogens (tertiary/aromatic N) is 1.